The fraction of sp³-hybridized carbons (Fsp3) is 0.125. The summed E-state index contributed by atoms with van der Waals surface area (Å²) in [5.74, 6) is 0.981. The van der Waals surface area contributed by atoms with Crippen molar-refractivity contribution in [2.45, 2.75) is 6.92 Å². The Hall–Kier alpha value is -3.53. The molecule has 0 aliphatic rings. The van der Waals surface area contributed by atoms with Crippen molar-refractivity contribution in [2.75, 3.05) is 13.7 Å². The van der Waals surface area contributed by atoms with Crippen LogP contribution in [0.15, 0.2) is 72.8 Å². The summed E-state index contributed by atoms with van der Waals surface area (Å²) >= 11 is 0. The standard InChI is InChI=1S/C24H22O4/c1-18-7-6-10-21(15-18)27-17-24(25)28-22-14-13-20(16-23(22)26-2)12-11-19-8-4-3-5-9-19/h3-16H,17H2,1-2H3. The van der Waals surface area contributed by atoms with Gasteiger partial charge in [0.25, 0.3) is 0 Å². The predicted molar refractivity (Wildman–Crippen MR) is 111 cm³/mol. The molecule has 4 heteroatoms. The normalized spacial score (nSPS) is 10.6. The van der Waals surface area contributed by atoms with Crippen molar-refractivity contribution >= 4 is 18.1 Å². The molecule has 0 unspecified atom stereocenters. The molecule has 142 valence electrons. The van der Waals surface area contributed by atoms with Crippen molar-refractivity contribution in [3.8, 4) is 17.2 Å². The second-order valence-electron chi connectivity index (χ2n) is 6.23. The minimum absolute atomic E-state index is 0.178. The Morgan fingerprint density at radius 3 is 2.39 bits per heavy atom. The van der Waals surface area contributed by atoms with Gasteiger partial charge >= 0.3 is 5.97 Å². The number of methoxy groups -OCH3 is 1. The van der Waals surface area contributed by atoms with Gasteiger partial charge in [-0.05, 0) is 47.9 Å². The van der Waals surface area contributed by atoms with Crippen LogP contribution in [0, 0.1) is 6.92 Å². The first-order valence-electron chi connectivity index (χ1n) is 8.95. The lowest BCUT2D eigenvalue weighted by molar-refractivity contribution is -0.136. The first-order valence-corrected chi connectivity index (χ1v) is 8.95. The highest BCUT2D eigenvalue weighted by molar-refractivity contribution is 5.76. The van der Waals surface area contributed by atoms with Crippen molar-refractivity contribution in [1.82, 2.24) is 0 Å². The molecule has 3 rings (SSSR count). The van der Waals surface area contributed by atoms with Crippen LogP contribution >= 0.6 is 0 Å². The highest BCUT2D eigenvalue weighted by Crippen LogP contribution is 2.29. The van der Waals surface area contributed by atoms with Crippen LogP contribution in [-0.2, 0) is 4.79 Å². The molecule has 0 saturated heterocycles. The summed E-state index contributed by atoms with van der Waals surface area (Å²) < 4.78 is 16.2. The second-order valence-corrected chi connectivity index (χ2v) is 6.23. The Balaban J connectivity index is 1.63. The van der Waals surface area contributed by atoms with Gasteiger partial charge in [0.2, 0.25) is 0 Å². The molecule has 0 spiro atoms. The fourth-order valence-corrected chi connectivity index (χ4v) is 2.63. The zero-order valence-electron chi connectivity index (χ0n) is 15.9. The number of hydrogen-bond acceptors (Lipinski definition) is 4. The molecule has 0 aliphatic heterocycles. The maximum Gasteiger partial charge on any atom is 0.349 e. The van der Waals surface area contributed by atoms with Crippen LogP contribution in [0.5, 0.6) is 17.2 Å². The molecule has 0 heterocycles. The Labute approximate surface area is 165 Å². The molecule has 0 aromatic heterocycles. The van der Waals surface area contributed by atoms with Crippen molar-refractivity contribution < 1.29 is 19.0 Å². The average Bonchev–Trinajstić information content (AvgIpc) is 2.72. The number of hydrogen-bond donors (Lipinski definition) is 0. The monoisotopic (exact) mass is 374 g/mol. The van der Waals surface area contributed by atoms with Crippen molar-refractivity contribution in [1.29, 1.82) is 0 Å². The van der Waals surface area contributed by atoms with Crippen molar-refractivity contribution in [2.24, 2.45) is 0 Å². The van der Waals surface area contributed by atoms with Gasteiger partial charge in [-0.25, -0.2) is 4.79 Å². The van der Waals surface area contributed by atoms with Gasteiger partial charge in [0, 0.05) is 0 Å². The smallest absolute Gasteiger partial charge is 0.349 e. The second kappa shape index (κ2) is 9.42. The molecule has 0 amide bonds. The molecule has 0 atom stereocenters. The van der Waals surface area contributed by atoms with E-state index in [4.69, 9.17) is 14.2 Å². The van der Waals surface area contributed by atoms with Crippen LogP contribution in [0.4, 0.5) is 0 Å². The number of esters is 1. The number of carbonyl (C=O) groups is 1. The first-order chi connectivity index (χ1) is 13.6. The van der Waals surface area contributed by atoms with Crippen LogP contribution < -0.4 is 14.2 Å². The van der Waals surface area contributed by atoms with Gasteiger partial charge in [0.05, 0.1) is 7.11 Å². The fourth-order valence-electron chi connectivity index (χ4n) is 2.63. The summed E-state index contributed by atoms with van der Waals surface area (Å²) in [6.45, 7) is 1.78. The summed E-state index contributed by atoms with van der Waals surface area (Å²) in [7, 11) is 1.54. The van der Waals surface area contributed by atoms with Crippen molar-refractivity contribution in [3.63, 3.8) is 0 Å². The third kappa shape index (κ3) is 5.48. The van der Waals surface area contributed by atoms with Crippen molar-refractivity contribution in [3.05, 3.63) is 89.5 Å². The van der Waals surface area contributed by atoms with E-state index in [-0.39, 0.29) is 6.61 Å². The van der Waals surface area contributed by atoms with E-state index in [2.05, 4.69) is 0 Å². The van der Waals surface area contributed by atoms with E-state index < -0.39 is 5.97 Å². The Morgan fingerprint density at radius 2 is 1.64 bits per heavy atom. The van der Waals surface area contributed by atoms with Gasteiger partial charge in [-0.2, -0.15) is 0 Å². The van der Waals surface area contributed by atoms with Gasteiger partial charge in [-0.15, -0.1) is 0 Å². The Bertz CT molecular complexity index is 961. The number of ether oxygens (including phenoxy) is 3. The van der Waals surface area contributed by atoms with E-state index in [9.17, 15) is 4.79 Å². The molecule has 0 bridgehead atoms. The Kier molecular flexibility index (Phi) is 6.47. The average molecular weight is 374 g/mol. The molecule has 0 fully saturated rings. The highest BCUT2D eigenvalue weighted by atomic mass is 16.6. The number of benzene rings is 3. The SMILES string of the molecule is COc1cc(C=Cc2ccccc2)ccc1OC(=O)COc1cccc(C)c1. The van der Waals surface area contributed by atoms with Crippen LogP contribution in [0.25, 0.3) is 12.2 Å². The maximum absolute atomic E-state index is 12.1. The molecular formula is C24H22O4. The lowest BCUT2D eigenvalue weighted by Crippen LogP contribution is -2.18. The van der Waals surface area contributed by atoms with Gasteiger partial charge in [-0.1, -0.05) is 60.7 Å². The van der Waals surface area contributed by atoms with Crippen LogP contribution in [-0.4, -0.2) is 19.7 Å². The van der Waals surface area contributed by atoms with Crippen LogP contribution in [0.3, 0.4) is 0 Å². The quantitative estimate of drug-likeness (QED) is 0.326. The highest BCUT2D eigenvalue weighted by Gasteiger charge is 2.11. The zero-order valence-corrected chi connectivity index (χ0v) is 15.9. The number of rotatable bonds is 7. The van der Waals surface area contributed by atoms with Gasteiger partial charge in [0.1, 0.15) is 5.75 Å². The van der Waals surface area contributed by atoms with Gasteiger partial charge < -0.3 is 14.2 Å². The van der Waals surface area contributed by atoms with E-state index in [1.807, 2.05) is 79.7 Å². The minimum Gasteiger partial charge on any atom is -0.493 e. The molecular weight excluding hydrogens is 352 g/mol. The van der Waals surface area contributed by atoms with Crippen LogP contribution in [0.2, 0.25) is 0 Å². The molecule has 0 N–H and O–H groups in total. The van der Waals surface area contributed by atoms with Crippen LogP contribution in [0.1, 0.15) is 16.7 Å². The summed E-state index contributed by atoms with van der Waals surface area (Å²) in [5.41, 5.74) is 3.11. The molecule has 3 aromatic rings. The van der Waals surface area contributed by atoms with Gasteiger partial charge in [-0.3, -0.25) is 0 Å². The molecule has 0 radical (unpaired) electrons. The lowest BCUT2D eigenvalue weighted by Gasteiger charge is -2.11. The molecule has 28 heavy (non-hydrogen) atoms. The third-order valence-electron chi connectivity index (χ3n) is 4.03. The summed E-state index contributed by atoms with van der Waals surface area (Å²) in [6, 6.07) is 22.9. The molecule has 0 saturated carbocycles. The van der Waals surface area contributed by atoms with E-state index in [0.29, 0.717) is 17.2 Å². The largest absolute Gasteiger partial charge is 0.493 e. The molecule has 4 nitrogen and oxygen atoms in total. The molecule has 3 aromatic carbocycles. The van der Waals surface area contributed by atoms with E-state index in [1.54, 1.807) is 19.2 Å². The zero-order chi connectivity index (χ0) is 19.8. The molecule has 0 aliphatic carbocycles. The summed E-state index contributed by atoms with van der Waals surface area (Å²) in [4.78, 5) is 12.1. The first kappa shape index (κ1) is 19.2. The third-order valence-corrected chi connectivity index (χ3v) is 4.03. The van der Waals surface area contributed by atoms with E-state index in [1.165, 1.54) is 0 Å². The number of aryl methyl sites for hydroxylation is 1. The minimum atomic E-state index is -0.493. The number of carbonyl (C=O) groups excluding carboxylic acids is 1. The summed E-state index contributed by atoms with van der Waals surface area (Å²) in [6.07, 6.45) is 3.99. The van der Waals surface area contributed by atoms with E-state index in [0.717, 1.165) is 16.7 Å². The van der Waals surface area contributed by atoms with Gasteiger partial charge in [0.15, 0.2) is 18.1 Å². The topological polar surface area (TPSA) is 44.8 Å². The Morgan fingerprint density at radius 1 is 0.857 bits per heavy atom. The lowest BCUT2D eigenvalue weighted by atomic mass is 10.1. The summed E-state index contributed by atoms with van der Waals surface area (Å²) in [5, 5.41) is 0. The predicted octanol–water partition coefficient (Wildman–Crippen LogP) is 5.16. The van der Waals surface area contributed by atoms with E-state index >= 15 is 0 Å². The maximum atomic E-state index is 12.1.